The van der Waals surface area contributed by atoms with E-state index in [0.717, 1.165) is 0 Å². The number of hydrogen-bond acceptors (Lipinski definition) is 6. The Balaban J connectivity index is 2.07. The van der Waals surface area contributed by atoms with E-state index in [-0.39, 0.29) is 31.3 Å². The van der Waals surface area contributed by atoms with Crippen molar-refractivity contribution in [2.24, 2.45) is 0 Å². The van der Waals surface area contributed by atoms with Gasteiger partial charge in [0.1, 0.15) is 17.5 Å². The van der Waals surface area contributed by atoms with E-state index in [4.69, 9.17) is 10.00 Å². The van der Waals surface area contributed by atoms with Crippen molar-refractivity contribution >= 4 is 6.09 Å². The predicted molar refractivity (Wildman–Crippen MR) is 101 cm³/mol. The van der Waals surface area contributed by atoms with Gasteiger partial charge in [-0.15, -0.1) is 0 Å². The molecule has 7 nitrogen and oxygen atoms in total. The van der Waals surface area contributed by atoms with Gasteiger partial charge in [-0.1, -0.05) is 6.07 Å². The molecule has 1 fully saturated rings. The first-order valence-electron chi connectivity index (χ1n) is 9.27. The number of rotatable bonds is 4. The first-order chi connectivity index (χ1) is 13.1. The standard InChI is InChI=1S/C20H28FN3O4/c1-13-15(5-6-17(21)16(13)9-22)18(26)11-23-7-8-24(10-14(23)12-25)19(27)28-20(2,3)4/h5-6,14,18,25-26H,7-8,10-12H2,1-4H3. The molecule has 0 aromatic heterocycles. The number of carbonyl (C=O) groups is 1. The van der Waals surface area contributed by atoms with Crippen molar-refractivity contribution in [3.8, 4) is 6.07 Å². The molecule has 0 bridgehead atoms. The number of benzene rings is 1. The Morgan fingerprint density at radius 2 is 2.11 bits per heavy atom. The first kappa shape index (κ1) is 22.1. The van der Waals surface area contributed by atoms with Gasteiger partial charge in [0.05, 0.1) is 24.3 Å². The number of nitrogens with zero attached hydrogens (tertiary/aromatic N) is 3. The Morgan fingerprint density at radius 3 is 2.68 bits per heavy atom. The van der Waals surface area contributed by atoms with Gasteiger partial charge in [-0.05, 0) is 44.9 Å². The summed E-state index contributed by atoms with van der Waals surface area (Å²) in [5.74, 6) is -0.616. The fraction of sp³-hybridized carbons (Fsp3) is 0.600. The molecular weight excluding hydrogens is 365 g/mol. The van der Waals surface area contributed by atoms with Gasteiger partial charge in [-0.2, -0.15) is 5.26 Å². The molecule has 2 rings (SSSR count). The zero-order valence-electron chi connectivity index (χ0n) is 16.8. The fourth-order valence-electron chi connectivity index (χ4n) is 3.31. The number of β-amino-alcohol motifs (C(OH)–C–C–N with tert-alkyl or cyclic N) is 1. The minimum Gasteiger partial charge on any atom is -0.444 e. The van der Waals surface area contributed by atoms with Gasteiger partial charge in [0.25, 0.3) is 0 Å². The number of carbonyl (C=O) groups excluding carboxylic acids is 1. The van der Waals surface area contributed by atoms with Gasteiger partial charge >= 0.3 is 6.09 Å². The Morgan fingerprint density at radius 1 is 1.43 bits per heavy atom. The molecule has 154 valence electrons. The van der Waals surface area contributed by atoms with Crippen molar-refractivity contribution in [3.05, 3.63) is 34.6 Å². The monoisotopic (exact) mass is 393 g/mol. The highest BCUT2D eigenvalue weighted by atomic mass is 19.1. The Hall–Kier alpha value is -2.21. The molecule has 1 heterocycles. The molecule has 1 amide bonds. The highest BCUT2D eigenvalue weighted by Gasteiger charge is 2.33. The van der Waals surface area contributed by atoms with Crippen molar-refractivity contribution in [1.29, 1.82) is 5.26 Å². The summed E-state index contributed by atoms with van der Waals surface area (Å²) in [5.41, 5.74) is 0.203. The molecule has 0 saturated carbocycles. The number of piperazine rings is 1. The predicted octanol–water partition coefficient (Wildman–Crippen LogP) is 1.95. The Kier molecular flexibility index (Phi) is 6.99. The van der Waals surface area contributed by atoms with Crippen LogP contribution < -0.4 is 0 Å². The molecule has 0 radical (unpaired) electrons. The maximum atomic E-state index is 13.7. The third kappa shape index (κ3) is 5.19. The van der Waals surface area contributed by atoms with Crippen molar-refractivity contribution in [2.45, 2.75) is 45.4 Å². The van der Waals surface area contributed by atoms with E-state index in [1.807, 2.05) is 11.0 Å². The zero-order valence-corrected chi connectivity index (χ0v) is 16.8. The molecule has 1 aromatic carbocycles. The highest BCUT2D eigenvalue weighted by Crippen LogP contribution is 2.25. The van der Waals surface area contributed by atoms with E-state index >= 15 is 0 Å². The van der Waals surface area contributed by atoms with Crippen LogP contribution in [0.4, 0.5) is 9.18 Å². The minimum atomic E-state index is -0.949. The Labute approximate surface area is 164 Å². The van der Waals surface area contributed by atoms with Crippen LogP contribution in [-0.2, 0) is 4.74 Å². The molecular formula is C20H28FN3O4. The summed E-state index contributed by atoms with van der Waals surface area (Å²) in [6, 6.07) is 4.11. The number of nitriles is 1. The molecule has 0 aliphatic carbocycles. The molecule has 8 heteroatoms. The number of amides is 1. The van der Waals surface area contributed by atoms with Crippen molar-refractivity contribution in [1.82, 2.24) is 9.80 Å². The lowest BCUT2D eigenvalue weighted by Gasteiger charge is -2.41. The first-order valence-corrected chi connectivity index (χ1v) is 9.27. The maximum absolute atomic E-state index is 13.7. The number of halogens is 1. The quantitative estimate of drug-likeness (QED) is 0.812. The lowest BCUT2D eigenvalue weighted by atomic mass is 9.97. The van der Waals surface area contributed by atoms with Gasteiger partial charge in [-0.25, -0.2) is 9.18 Å². The number of ether oxygens (including phenoxy) is 1. The molecule has 1 aliphatic rings. The second kappa shape index (κ2) is 8.86. The van der Waals surface area contributed by atoms with Crippen LogP contribution in [0, 0.1) is 24.1 Å². The second-order valence-corrected chi connectivity index (χ2v) is 8.02. The summed E-state index contributed by atoms with van der Waals surface area (Å²) < 4.78 is 19.1. The molecule has 1 aromatic rings. The van der Waals surface area contributed by atoms with E-state index in [1.54, 1.807) is 32.6 Å². The van der Waals surface area contributed by atoms with Crippen molar-refractivity contribution in [3.63, 3.8) is 0 Å². The van der Waals surface area contributed by atoms with E-state index in [2.05, 4.69) is 0 Å². The third-order valence-corrected chi connectivity index (χ3v) is 4.80. The van der Waals surface area contributed by atoms with Crippen LogP contribution in [-0.4, -0.2) is 70.5 Å². The van der Waals surface area contributed by atoms with Crippen LogP contribution in [0.3, 0.4) is 0 Å². The second-order valence-electron chi connectivity index (χ2n) is 8.02. The van der Waals surface area contributed by atoms with Gasteiger partial charge in [0, 0.05) is 26.2 Å². The summed E-state index contributed by atoms with van der Waals surface area (Å²) in [7, 11) is 0. The number of aliphatic hydroxyl groups is 2. The van der Waals surface area contributed by atoms with Crippen molar-refractivity contribution < 1.29 is 24.1 Å². The summed E-state index contributed by atoms with van der Waals surface area (Å²) in [6.07, 6.45) is -1.38. The van der Waals surface area contributed by atoms with E-state index in [9.17, 15) is 19.4 Å². The highest BCUT2D eigenvalue weighted by molar-refractivity contribution is 5.68. The van der Waals surface area contributed by atoms with E-state index in [1.165, 1.54) is 12.1 Å². The van der Waals surface area contributed by atoms with Crippen LogP contribution in [0.15, 0.2) is 12.1 Å². The lowest BCUT2D eigenvalue weighted by Crippen LogP contribution is -2.57. The Bertz CT molecular complexity index is 757. The molecule has 2 atom stereocenters. The maximum Gasteiger partial charge on any atom is 0.410 e. The van der Waals surface area contributed by atoms with Crippen LogP contribution in [0.25, 0.3) is 0 Å². The zero-order chi connectivity index (χ0) is 21.1. The average molecular weight is 393 g/mol. The van der Waals surface area contributed by atoms with Crippen LogP contribution >= 0.6 is 0 Å². The molecule has 2 N–H and O–H groups in total. The van der Waals surface area contributed by atoms with Crippen LogP contribution in [0.5, 0.6) is 0 Å². The van der Waals surface area contributed by atoms with Crippen molar-refractivity contribution in [2.75, 3.05) is 32.8 Å². The van der Waals surface area contributed by atoms with E-state index < -0.39 is 23.6 Å². The normalized spacial score (nSPS) is 19.2. The lowest BCUT2D eigenvalue weighted by molar-refractivity contribution is -0.0147. The number of hydrogen-bond donors (Lipinski definition) is 2. The SMILES string of the molecule is Cc1c(C(O)CN2CCN(C(=O)OC(C)(C)C)CC2CO)ccc(F)c1C#N. The average Bonchev–Trinajstić information content (AvgIpc) is 2.60. The molecule has 1 saturated heterocycles. The molecule has 1 aliphatic heterocycles. The largest absolute Gasteiger partial charge is 0.444 e. The van der Waals surface area contributed by atoms with Crippen LogP contribution in [0.1, 0.15) is 43.6 Å². The fourth-order valence-corrected chi connectivity index (χ4v) is 3.31. The van der Waals surface area contributed by atoms with Crippen LogP contribution in [0.2, 0.25) is 0 Å². The van der Waals surface area contributed by atoms with Gasteiger partial charge in [0.2, 0.25) is 0 Å². The van der Waals surface area contributed by atoms with Gasteiger partial charge in [-0.3, -0.25) is 4.90 Å². The van der Waals surface area contributed by atoms with E-state index in [0.29, 0.717) is 24.2 Å². The molecule has 2 unspecified atom stereocenters. The summed E-state index contributed by atoms with van der Waals surface area (Å²) in [4.78, 5) is 15.7. The summed E-state index contributed by atoms with van der Waals surface area (Å²) >= 11 is 0. The van der Waals surface area contributed by atoms with Gasteiger partial charge < -0.3 is 19.8 Å². The molecule has 28 heavy (non-hydrogen) atoms. The summed E-state index contributed by atoms with van der Waals surface area (Å²) in [5, 5.41) is 29.5. The third-order valence-electron chi connectivity index (χ3n) is 4.80. The topological polar surface area (TPSA) is 97.0 Å². The summed E-state index contributed by atoms with van der Waals surface area (Å²) in [6.45, 7) is 8.14. The smallest absolute Gasteiger partial charge is 0.410 e. The minimum absolute atomic E-state index is 0.0787. The number of aliphatic hydroxyl groups excluding tert-OH is 2. The molecule has 0 spiro atoms. The van der Waals surface area contributed by atoms with Gasteiger partial charge in [0.15, 0.2) is 0 Å².